The largest absolute Gasteiger partial charge is 0.378 e. The van der Waals surface area contributed by atoms with Crippen molar-refractivity contribution in [2.24, 2.45) is 7.05 Å². The second kappa shape index (κ2) is 9.64. The third-order valence-corrected chi connectivity index (χ3v) is 6.52. The van der Waals surface area contributed by atoms with Crippen molar-refractivity contribution in [3.05, 3.63) is 48.2 Å². The molecule has 1 aliphatic rings. The number of aromatic amines is 1. The van der Waals surface area contributed by atoms with Gasteiger partial charge in [0.2, 0.25) is 5.95 Å². The minimum Gasteiger partial charge on any atom is -0.378 e. The summed E-state index contributed by atoms with van der Waals surface area (Å²) in [6.07, 6.45) is 4.48. The monoisotopic (exact) mass is 515 g/mol. The molecule has 1 saturated heterocycles. The zero-order valence-electron chi connectivity index (χ0n) is 20.8. The average Bonchev–Trinajstić information content (AvgIpc) is 3.56. The fraction of sp³-hybridized carbons (Fsp3) is 0.292. The number of anilines is 2. The number of imidazole rings is 1. The molecular weight excluding hydrogens is 490 g/mol. The normalized spacial score (nSPS) is 13.8. The Hall–Kier alpha value is -4.69. The summed E-state index contributed by atoms with van der Waals surface area (Å²) in [6, 6.07) is 5.97. The summed E-state index contributed by atoms with van der Waals surface area (Å²) in [5.41, 5.74) is 4.98. The number of fused-ring (bicyclic) bond motifs is 2. The molecule has 14 heteroatoms. The summed E-state index contributed by atoms with van der Waals surface area (Å²) in [5.74, 6) is 1.84. The number of carbonyl (C=O) groups excluding carboxylic acids is 1. The molecule has 1 aromatic carbocycles. The molecule has 0 atom stereocenters. The third kappa shape index (κ3) is 4.25. The first kappa shape index (κ1) is 23.7. The maximum absolute atomic E-state index is 11.6. The van der Waals surface area contributed by atoms with Crippen LogP contribution in [0.1, 0.15) is 16.2 Å². The zero-order valence-corrected chi connectivity index (χ0v) is 20.8. The lowest BCUT2D eigenvalue weighted by Crippen LogP contribution is -2.37. The quantitative estimate of drug-likeness (QED) is 0.220. The van der Waals surface area contributed by atoms with Crippen LogP contribution in [0.15, 0.2) is 36.8 Å². The van der Waals surface area contributed by atoms with Crippen LogP contribution in [0, 0.1) is 0 Å². The van der Waals surface area contributed by atoms with E-state index in [0.29, 0.717) is 55.8 Å². The highest BCUT2D eigenvalue weighted by Crippen LogP contribution is 2.30. The number of aryl methyl sites for hydroxylation is 1. The van der Waals surface area contributed by atoms with E-state index in [4.69, 9.17) is 24.9 Å². The molecule has 0 radical (unpaired) electrons. The summed E-state index contributed by atoms with van der Waals surface area (Å²) >= 11 is 0. The SMILES string of the molecule is CN(Cc1nc2c(N3CCOCC3)nc(-c3ccc4[nH]ncc4c3)nc2n1C)c1ncc(C(=O)NO)cn1. The first-order valence-electron chi connectivity index (χ1n) is 12.0. The van der Waals surface area contributed by atoms with E-state index in [1.54, 1.807) is 11.7 Å². The van der Waals surface area contributed by atoms with Crippen molar-refractivity contribution in [2.45, 2.75) is 6.54 Å². The Morgan fingerprint density at radius 1 is 1.16 bits per heavy atom. The number of nitrogens with one attached hydrogen (secondary N) is 2. The number of benzene rings is 1. The first-order valence-corrected chi connectivity index (χ1v) is 12.0. The minimum absolute atomic E-state index is 0.152. The highest BCUT2D eigenvalue weighted by atomic mass is 16.5. The van der Waals surface area contributed by atoms with Gasteiger partial charge >= 0.3 is 0 Å². The van der Waals surface area contributed by atoms with E-state index in [9.17, 15) is 4.79 Å². The molecule has 1 amide bonds. The molecule has 38 heavy (non-hydrogen) atoms. The molecular formula is C24H25N11O3. The molecule has 1 aliphatic heterocycles. The number of H-pyrrole nitrogens is 1. The Kier molecular flexibility index (Phi) is 6.01. The molecule has 0 saturated carbocycles. The van der Waals surface area contributed by atoms with Crippen LogP contribution in [0.5, 0.6) is 0 Å². The molecule has 194 valence electrons. The molecule has 4 aromatic heterocycles. The predicted octanol–water partition coefficient (Wildman–Crippen LogP) is 1.29. The maximum Gasteiger partial charge on any atom is 0.277 e. The first-order chi connectivity index (χ1) is 18.5. The predicted molar refractivity (Wildman–Crippen MR) is 138 cm³/mol. The standard InChI is InChI=1S/C24H25N11O3/c1-33(24-25-10-16(11-26-24)23(36)32-37)13-18-28-19-21(34(18)2)29-20(30-22(19)35-5-7-38-8-6-35)14-3-4-17-15(9-14)12-27-31-17/h3-4,9-12,37H,5-8,13H2,1-2H3,(H,27,31)(H,32,36). The van der Waals surface area contributed by atoms with Crippen LogP contribution in [0.4, 0.5) is 11.8 Å². The smallest absolute Gasteiger partial charge is 0.277 e. The van der Waals surface area contributed by atoms with Gasteiger partial charge in [0.1, 0.15) is 5.82 Å². The van der Waals surface area contributed by atoms with Crippen molar-refractivity contribution in [1.82, 2.24) is 45.2 Å². The number of ether oxygens (including phenoxy) is 1. The lowest BCUT2D eigenvalue weighted by molar-refractivity contribution is 0.0705. The number of rotatable bonds is 6. The van der Waals surface area contributed by atoms with Crippen LogP contribution < -0.4 is 15.3 Å². The van der Waals surface area contributed by atoms with Crippen molar-refractivity contribution in [2.75, 3.05) is 43.2 Å². The van der Waals surface area contributed by atoms with Gasteiger partial charge in [0, 0.05) is 50.5 Å². The Morgan fingerprint density at radius 3 is 2.71 bits per heavy atom. The van der Waals surface area contributed by atoms with Crippen LogP contribution in [0.25, 0.3) is 33.5 Å². The Balaban J connectivity index is 1.39. The molecule has 1 fully saturated rings. The van der Waals surface area contributed by atoms with Gasteiger partial charge in [0.15, 0.2) is 22.8 Å². The molecule has 6 rings (SSSR count). The van der Waals surface area contributed by atoms with Gasteiger partial charge in [0.25, 0.3) is 5.91 Å². The van der Waals surface area contributed by atoms with Gasteiger partial charge in [-0.25, -0.2) is 30.4 Å². The van der Waals surface area contributed by atoms with Crippen LogP contribution in [-0.4, -0.2) is 84.1 Å². The van der Waals surface area contributed by atoms with E-state index < -0.39 is 5.91 Å². The molecule has 0 spiro atoms. The zero-order chi connectivity index (χ0) is 26.2. The second-order valence-electron chi connectivity index (χ2n) is 8.97. The van der Waals surface area contributed by atoms with Crippen LogP contribution in [0.2, 0.25) is 0 Å². The number of morpholine rings is 1. The topological polar surface area (TPSA) is 163 Å². The van der Waals surface area contributed by atoms with Crippen molar-refractivity contribution >= 4 is 39.7 Å². The van der Waals surface area contributed by atoms with Crippen molar-refractivity contribution in [1.29, 1.82) is 0 Å². The molecule has 3 N–H and O–H groups in total. The van der Waals surface area contributed by atoms with E-state index in [0.717, 1.165) is 28.1 Å². The van der Waals surface area contributed by atoms with Crippen molar-refractivity contribution < 1.29 is 14.7 Å². The number of amides is 1. The van der Waals surface area contributed by atoms with Gasteiger partial charge in [-0.15, -0.1) is 0 Å². The summed E-state index contributed by atoms with van der Waals surface area (Å²) in [5, 5.41) is 16.9. The second-order valence-corrected chi connectivity index (χ2v) is 8.97. The highest BCUT2D eigenvalue weighted by Gasteiger charge is 2.23. The van der Waals surface area contributed by atoms with Crippen LogP contribution >= 0.6 is 0 Å². The molecule has 0 unspecified atom stereocenters. The maximum atomic E-state index is 11.6. The number of aromatic nitrogens is 8. The molecule has 5 aromatic rings. The average molecular weight is 516 g/mol. The number of hydrogen-bond donors (Lipinski definition) is 3. The Morgan fingerprint density at radius 2 is 1.95 bits per heavy atom. The summed E-state index contributed by atoms with van der Waals surface area (Å²) in [6.45, 7) is 3.04. The number of carbonyl (C=O) groups is 1. The number of nitrogens with zero attached hydrogens (tertiary/aromatic N) is 9. The van der Waals surface area contributed by atoms with Crippen molar-refractivity contribution in [3.63, 3.8) is 0 Å². The Bertz CT molecular complexity index is 1620. The molecule has 5 heterocycles. The van der Waals surface area contributed by atoms with Gasteiger partial charge in [0.05, 0.1) is 37.0 Å². The van der Waals surface area contributed by atoms with Gasteiger partial charge in [-0.3, -0.25) is 15.1 Å². The lowest BCUT2D eigenvalue weighted by Gasteiger charge is -2.28. The summed E-state index contributed by atoms with van der Waals surface area (Å²) in [7, 11) is 3.76. The molecule has 14 nitrogen and oxygen atoms in total. The van der Waals surface area contributed by atoms with E-state index >= 15 is 0 Å². The third-order valence-electron chi connectivity index (χ3n) is 6.52. The van der Waals surface area contributed by atoms with Gasteiger partial charge < -0.3 is 19.1 Å². The minimum atomic E-state index is -0.675. The number of hydroxylamine groups is 1. The van der Waals surface area contributed by atoms with E-state index in [1.165, 1.54) is 12.4 Å². The summed E-state index contributed by atoms with van der Waals surface area (Å²) < 4.78 is 7.52. The molecule has 0 aliphatic carbocycles. The number of hydrogen-bond acceptors (Lipinski definition) is 11. The van der Waals surface area contributed by atoms with Crippen molar-refractivity contribution in [3.8, 4) is 11.4 Å². The van der Waals surface area contributed by atoms with E-state index in [2.05, 4.69) is 25.1 Å². The fourth-order valence-corrected chi connectivity index (χ4v) is 4.42. The van der Waals surface area contributed by atoms with Gasteiger partial charge in [-0.2, -0.15) is 5.10 Å². The molecule has 0 bridgehead atoms. The summed E-state index contributed by atoms with van der Waals surface area (Å²) in [4.78, 5) is 38.9. The fourth-order valence-electron chi connectivity index (χ4n) is 4.42. The van der Waals surface area contributed by atoms with Crippen LogP contribution in [0.3, 0.4) is 0 Å². The van der Waals surface area contributed by atoms with Crippen LogP contribution in [-0.2, 0) is 18.3 Å². The Labute approximate surface area is 216 Å². The van der Waals surface area contributed by atoms with E-state index in [-0.39, 0.29) is 5.56 Å². The lowest BCUT2D eigenvalue weighted by atomic mass is 10.1. The highest BCUT2D eigenvalue weighted by molar-refractivity contribution is 5.92. The van der Waals surface area contributed by atoms with E-state index in [1.807, 2.05) is 41.8 Å². The van der Waals surface area contributed by atoms with Gasteiger partial charge in [-0.1, -0.05) is 0 Å². The van der Waals surface area contributed by atoms with Gasteiger partial charge in [-0.05, 0) is 18.2 Å².